The van der Waals surface area contributed by atoms with E-state index in [2.05, 4.69) is 13.8 Å². The van der Waals surface area contributed by atoms with Crippen LogP contribution in [0.4, 0.5) is 11.4 Å². The average Bonchev–Trinajstić information content (AvgIpc) is 2.23. The molecule has 1 aromatic carbocycles. The van der Waals surface area contributed by atoms with Gasteiger partial charge in [-0.3, -0.25) is 10.1 Å². The van der Waals surface area contributed by atoms with Crippen LogP contribution in [0.5, 0.6) is 5.75 Å². The Morgan fingerprint density at radius 3 is 2.71 bits per heavy atom. The first-order valence-corrected chi connectivity index (χ1v) is 5.67. The molecule has 0 saturated carbocycles. The Kier molecular flexibility index (Phi) is 4.75. The van der Waals surface area contributed by atoms with Gasteiger partial charge in [0.15, 0.2) is 0 Å². The zero-order chi connectivity index (χ0) is 12.8. The lowest BCUT2D eigenvalue weighted by Crippen LogP contribution is -2.01. The molecular weight excluding hydrogens is 220 g/mol. The zero-order valence-corrected chi connectivity index (χ0v) is 10.2. The highest BCUT2D eigenvalue weighted by Gasteiger charge is 2.11. The number of nitrogen functional groups attached to an aromatic ring is 1. The monoisotopic (exact) mass is 238 g/mol. The van der Waals surface area contributed by atoms with E-state index in [0.717, 1.165) is 12.8 Å². The second-order valence-corrected chi connectivity index (χ2v) is 4.36. The molecule has 5 nitrogen and oxygen atoms in total. The van der Waals surface area contributed by atoms with Gasteiger partial charge < -0.3 is 10.5 Å². The summed E-state index contributed by atoms with van der Waals surface area (Å²) in [4.78, 5) is 10.1. The standard InChI is InChI=1S/C12H18N2O3/c1-9(2)4-3-7-17-10-5-6-12(14(15)16)11(13)8-10/h5-6,8-9H,3-4,7,13H2,1-2H3. The number of rotatable bonds is 6. The molecule has 0 aromatic heterocycles. The van der Waals surface area contributed by atoms with Gasteiger partial charge in [0, 0.05) is 12.1 Å². The van der Waals surface area contributed by atoms with Crippen molar-refractivity contribution in [2.75, 3.05) is 12.3 Å². The molecule has 0 aliphatic heterocycles. The third-order valence-corrected chi connectivity index (χ3v) is 2.39. The largest absolute Gasteiger partial charge is 0.494 e. The van der Waals surface area contributed by atoms with E-state index in [1.54, 1.807) is 6.07 Å². The minimum atomic E-state index is -0.502. The third kappa shape index (κ3) is 4.30. The second-order valence-electron chi connectivity index (χ2n) is 4.36. The molecule has 17 heavy (non-hydrogen) atoms. The molecule has 0 unspecified atom stereocenters. The number of hydrogen-bond acceptors (Lipinski definition) is 4. The summed E-state index contributed by atoms with van der Waals surface area (Å²) in [5.74, 6) is 1.23. The minimum absolute atomic E-state index is 0.0838. The van der Waals surface area contributed by atoms with Gasteiger partial charge in [0.1, 0.15) is 11.4 Å². The smallest absolute Gasteiger partial charge is 0.292 e. The fourth-order valence-electron chi connectivity index (χ4n) is 1.47. The topological polar surface area (TPSA) is 78.4 Å². The first-order valence-electron chi connectivity index (χ1n) is 5.67. The number of benzene rings is 1. The van der Waals surface area contributed by atoms with Crippen molar-refractivity contribution >= 4 is 11.4 Å². The molecule has 0 heterocycles. The molecule has 0 aliphatic carbocycles. The first kappa shape index (κ1) is 13.3. The number of nitrogens with two attached hydrogens (primary N) is 1. The Morgan fingerprint density at radius 2 is 2.18 bits per heavy atom. The van der Waals surface area contributed by atoms with Gasteiger partial charge in [0.05, 0.1) is 11.5 Å². The lowest BCUT2D eigenvalue weighted by Gasteiger charge is -2.08. The van der Waals surface area contributed by atoms with Gasteiger partial charge in [-0.05, 0) is 24.8 Å². The summed E-state index contributed by atoms with van der Waals surface area (Å²) in [5.41, 5.74) is 5.60. The fraction of sp³-hybridized carbons (Fsp3) is 0.500. The number of nitro groups is 1. The highest BCUT2D eigenvalue weighted by atomic mass is 16.6. The number of nitrogens with zero attached hydrogens (tertiary/aromatic N) is 1. The molecule has 0 aliphatic rings. The van der Waals surface area contributed by atoms with Gasteiger partial charge in [-0.1, -0.05) is 13.8 Å². The highest BCUT2D eigenvalue weighted by Crippen LogP contribution is 2.26. The van der Waals surface area contributed by atoms with Gasteiger partial charge in [-0.15, -0.1) is 0 Å². The molecule has 0 spiro atoms. The summed E-state index contributed by atoms with van der Waals surface area (Å²) in [5, 5.41) is 10.6. The molecule has 5 heteroatoms. The molecule has 0 radical (unpaired) electrons. The van der Waals surface area contributed by atoms with Crippen LogP contribution < -0.4 is 10.5 Å². The van der Waals surface area contributed by atoms with Gasteiger partial charge >= 0.3 is 0 Å². The van der Waals surface area contributed by atoms with Gasteiger partial charge in [0.2, 0.25) is 0 Å². The molecule has 0 atom stereocenters. The van der Waals surface area contributed by atoms with Crippen molar-refractivity contribution in [2.24, 2.45) is 5.92 Å². The predicted molar refractivity (Wildman–Crippen MR) is 67.1 cm³/mol. The molecule has 0 bridgehead atoms. The number of nitro benzene ring substituents is 1. The molecule has 0 saturated heterocycles. The molecule has 2 N–H and O–H groups in total. The fourth-order valence-corrected chi connectivity index (χ4v) is 1.47. The van der Waals surface area contributed by atoms with Crippen molar-refractivity contribution in [1.82, 2.24) is 0 Å². The van der Waals surface area contributed by atoms with Crippen LogP contribution in [0.3, 0.4) is 0 Å². The number of hydrogen-bond donors (Lipinski definition) is 1. The molecule has 94 valence electrons. The SMILES string of the molecule is CC(C)CCCOc1ccc([N+](=O)[O-])c(N)c1. The maximum absolute atomic E-state index is 10.6. The van der Waals surface area contributed by atoms with E-state index in [-0.39, 0.29) is 11.4 Å². The van der Waals surface area contributed by atoms with Crippen LogP contribution in [-0.2, 0) is 0 Å². The van der Waals surface area contributed by atoms with Gasteiger partial charge in [0.25, 0.3) is 5.69 Å². The maximum atomic E-state index is 10.6. The zero-order valence-electron chi connectivity index (χ0n) is 10.2. The van der Waals surface area contributed by atoms with Crippen molar-refractivity contribution in [2.45, 2.75) is 26.7 Å². The quantitative estimate of drug-likeness (QED) is 0.357. The summed E-state index contributed by atoms with van der Waals surface area (Å²) >= 11 is 0. The van der Waals surface area contributed by atoms with Crippen LogP contribution in [-0.4, -0.2) is 11.5 Å². The van der Waals surface area contributed by atoms with E-state index >= 15 is 0 Å². The summed E-state index contributed by atoms with van der Waals surface area (Å²) < 4.78 is 5.47. The Hall–Kier alpha value is -1.78. The Labute approximate surface area is 101 Å². The van der Waals surface area contributed by atoms with E-state index in [1.165, 1.54) is 12.1 Å². The van der Waals surface area contributed by atoms with E-state index in [4.69, 9.17) is 10.5 Å². The molecule has 0 amide bonds. The Bertz CT molecular complexity index is 391. The second kappa shape index (κ2) is 6.08. The molecular formula is C12H18N2O3. The Morgan fingerprint density at radius 1 is 1.47 bits per heavy atom. The van der Waals surface area contributed by atoms with Crippen LogP contribution in [0.2, 0.25) is 0 Å². The number of ether oxygens (including phenoxy) is 1. The summed E-state index contributed by atoms with van der Waals surface area (Å²) in [6, 6.07) is 4.44. The molecule has 1 aromatic rings. The van der Waals surface area contributed by atoms with Crippen molar-refractivity contribution in [3.63, 3.8) is 0 Å². The van der Waals surface area contributed by atoms with Crippen LogP contribution in [0.15, 0.2) is 18.2 Å². The summed E-state index contributed by atoms with van der Waals surface area (Å²) in [7, 11) is 0. The average molecular weight is 238 g/mol. The van der Waals surface area contributed by atoms with Crippen LogP contribution in [0.25, 0.3) is 0 Å². The summed E-state index contributed by atoms with van der Waals surface area (Å²) in [6.45, 7) is 4.92. The van der Waals surface area contributed by atoms with Crippen molar-refractivity contribution in [3.8, 4) is 5.75 Å². The first-order chi connectivity index (χ1) is 8.00. The van der Waals surface area contributed by atoms with Crippen molar-refractivity contribution < 1.29 is 9.66 Å². The van der Waals surface area contributed by atoms with Gasteiger partial charge in [-0.2, -0.15) is 0 Å². The lowest BCUT2D eigenvalue weighted by atomic mass is 10.1. The van der Waals surface area contributed by atoms with Gasteiger partial charge in [-0.25, -0.2) is 0 Å². The van der Waals surface area contributed by atoms with Crippen LogP contribution in [0, 0.1) is 16.0 Å². The van der Waals surface area contributed by atoms with E-state index < -0.39 is 4.92 Å². The molecule has 1 rings (SSSR count). The maximum Gasteiger partial charge on any atom is 0.292 e. The van der Waals surface area contributed by atoms with E-state index in [0.29, 0.717) is 18.3 Å². The van der Waals surface area contributed by atoms with Crippen LogP contribution in [0.1, 0.15) is 26.7 Å². The minimum Gasteiger partial charge on any atom is -0.494 e. The lowest BCUT2D eigenvalue weighted by molar-refractivity contribution is -0.383. The van der Waals surface area contributed by atoms with Crippen molar-refractivity contribution in [3.05, 3.63) is 28.3 Å². The number of anilines is 1. The summed E-state index contributed by atoms with van der Waals surface area (Å²) in [6.07, 6.45) is 2.07. The third-order valence-electron chi connectivity index (χ3n) is 2.39. The highest BCUT2D eigenvalue weighted by molar-refractivity contribution is 5.60. The van der Waals surface area contributed by atoms with Crippen LogP contribution >= 0.6 is 0 Å². The van der Waals surface area contributed by atoms with E-state index in [1.807, 2.05) is 0 Å². The Balaban J connectivity index is 2.50. The normalized spacial score (nSPS) is 10.5. The predicted octanol–water partition coefficient (Wildman–Crippen LogP) is 2.99. The van der Waals surface area contributed by atoms with Crippen molar-refractivity contribution in [1.29, 1.82) is 0 Å². The molecule has 0 fully saturated rings. The van der Waals surface area contributed by atoms with E-state index in [9.17, 15) is 10.1 Å².